The molecule has 35 heavy (non-hydrogen) atoms. The highest BCUT2D eigenvalue weighted by Crippen LogP contribution is 2.68. The van der Waals surface area contributed by atoms with E-state index < -0.39 is 6.04 Å². The summed E-state index contributed by atoms with van der Waals surface area (Å²) in [5, 5.41) is 2.91. The summed E-state index contributed by atoms with van der Waals surface area (Å²) in [7, 11) is 1.37. The molecule has 1 amide bonds. The number of hydrogen-bond donors (Lipinski definition) is 1. The van der Waals surface area contributed by atoms with Crippen LogP contribution in [0.5, 0.6) is 0 Å². The van der Waals surface area contributed by atoms with Crippen molar-refractivity contribution in [2.75, 3.05) is 7.11 Å². The average Bonchev–Trinajstić information content (AvgIpc) is 3.18. The molecule has 198 valence electrons. The molecule has 4 aliphatic rings. The van der Waals surface area contributed by atoms with E-state index in [0.29, 0.717) is 40.8 Å². The van der Waals surface area contributed by atoms with E-state index in [2.05, 4.69) is 26.1 Å². The van der Waals surface area contributed by atoms with Gasteiger partial charge in [-0.1, -0.05) is 34.6 Å². The predicted octanol–water partition coefficient (Wildman–Crippen LogP) is 5.94. The van der Waals surface area contributed by atoms with Gasteiger partial charge in [0.15, 0.2) is 0 Å². The molecule has 4 aliphatic carbocycles. The van der Waals surface area contributed by atoms with Crippen molar-refractivity contribution in [2.24, 2.45) is 52.3 Å². The molecule has 5 nitrogen and oxygen atoms in total. The number of ether oxygens (including phenoxy) is 1. The topological polar surface area (TPSA) is 72.5 Å². The Morgan fingerprint density at radius 3 is 2.40 bits per heavy atom. The molecule has 0 aliphatic heterocycles. The number of methoxy groups -OCH3 is 1. The van der Waals surface area contributed by atoms with E-state index in [1.54, 1.807) is 0 Å². The fourth-order valence-electron chi connectivity index (χ4n) is 9.45. The van der Waals surface area contributed by atoms with E-state index in [1.165, 1.54) is 45.6 Å². The number of amides is 1. The summed E-state index contributed by atoms with van der Waals surface area (Å²) in [6, 6.07) is -0.571. The number of Topliss-reactive ketones (excluding diaryl/α,β-unsaturated/α-hetero) is 1. The highest BCUT2D eigenvalue weighted by atomic mass is 16.5. The molecule has 0 saturated heterocycles. The molecule has 0 unspecified atom stereocenters. The van der Waals surface area contributed by atoms with Crippen LogP contribution in [-0.4, -0.2) is 30.8 Å². The van der Waals surface area contributed by atoms with Crippen molar-refractivity contribution >= 4 is 17.7 Å². The van der Waals surface area contributed by atoms with Crippen molar-refractivity contribution < 1.29 is 19.1 Å². The van der Waals surface area contributed by atoms with Crippen LogP contribution < -0.4 is 5.32 Å². The lowest BCUT2D eigenvalue weighted by Crippen LogP contribution is -2.53. The summed E-state index contributed by atoms with van der Waals surface area (Å²) in [5.74, 6) is 4.28. The van der Waals surface area contributed by atoms with Crippen LogP contribution in [0, 0.1) is 52.3 Å². The van der Waals surface area contributed by atoms with E-state index in [9.17, 15) is 14.4 Å². The van der Waals surface area contributed by atoms with Gasteiger partial charge >= 0.3 is 5.97 Å². The fourth-order valence-corrected chi connectivity index (χ4v) is 9.45. The van der Waals surface area contributed by atoms with Crippen molar-refractivity contribution in [1.29, 1.82) is 0 Å². The fraction of sp³-hybridized carbons (Fsp3) is 0.900. The molecule has 0 aromatic rings. The first-order valence-corrected chi connectivity index (χ1v) is 14.4. The minimum Gasteiger partial charge on any atom is -0.467 e. The molecule has 5 heteroatoms. The molecule has 0 heterocycles. The maximum Gasteiger partial charge on any atom is 0.328 e. The molecule has 0 spiro atoms. The third-order valence-electron chi connectivity index (χ3n) is 11.5. The maximum absolute atomic E-state index is 12.7. The first-order valence-electron chi connectivity index (χ1n) is 14.4. The molecule has 4 saturated carbocycles. The molecule has 4 fully saturated rings. The third kappa shape index (κ3) is 4.82. The monoisotopic (exact) mass is 487 g/mol. The van der Waals surface area contributed by atoms with Crippen molar-refractivity contribution in [3.05, 3.63) is 0 Å². The number of carbonyl (C=O) groups is 3. The summed E-state index contributed by atoms with van der Waals surface area (Å²) >= 11 is 0. The largest absolute Gasteiger partial charge is 0.467 e. The van der Waals surface area contributed by atoms with Crippen LogP contribution in [0.1, 0.15) is 105 Å². The highest BCUT2D eigenvalue weighted by molar-refractivity contribution is 5.84. The van der Waals surface area contributed by atoms with Crippen molar-refractivity contribution in [1.82, 2.24) is 5.32 Å². The quantitative estimate of drug-likeness (QED) is 0.451. The number of carbonyl (C=O) groups excluding carboxylic acids is 3. The van der Waals surface area contributed by atoms with Crippen molar-refractivity contribution in [3.8, 4) is 0 Å². The van der Waals surface area contributed by atoms with Gasteiger partial charge in [-0.15, -0.1) is 0 Å². The van der Waals surface area contributed by atoms with Crippen LogP contribution in [0.25, 0.3) is 0 Å². The molecule has 4 rings (SSSR count). The van der Waals surface area contributed by atoms with E-state index >= 15 is 0 Å². The minimum atomic E-state index is -0.571. The average molecular weight is 488 g/mol. The minimum absolute atomic E-state index is 0.00717. The second-order valence-electron chi connectivity index (χ2n) is 13.5. The summed E-state index contributed by atoms with van der Waals surface area (Å²) in [5.41, 5.74) is 0.740. The van der Waals surface area contributed by atoms with Crippen LogP contribution in [0.3, 0.4) is 0 Å². The summed E-state index contributed by atoms with van der Waals surface area (Å²) in [4.78, 5) is 36.9. The number of hydrogen-bond acceptors (Lipinski definition) is 4. The molecule has 9 atom stereocenters. The van der Waals surface area contributed by atoms with Crippen LogP contribution in [0.4, 0.5) is 0 Å². The highest BCUT2D eigenvalue weighted by Gasteiger charge is 2.60. The van der Waals surface area contributed by atoms with Gasteiger partial charge in [0.25, 0.3) is 0 Å². The Kier molecular flexibility index (Phi) is 7.75. The van der Waals surface area contributed by atoms with Gasteiger partial charge < -0.3 is 10.1 Å². The maximum atomic E-state index is 12.7. The SMILES string of the molecule is COC(=O)[C@@H](NC(=O)CC[C@@H](C)[C@H]1CC[C@H]2[C@@H]3CC[C@@H]4CC(=O)CC[C@]4(C)[C@H]3CC[C@]12C)C(C)C. The zero-order chi connectivity index (χ0) is 25.5. The van der Waals surface area contributed by atoms with Crippen molar-refractivity contribution in [3.63, 3.8) is 0 Å². The Hall–Kier alpha value is -1.39. The summed E-state index contributed by atoms with van der Waals surface area (Å²) < 4.78 is 4.87. The van der Waals surface area contributed by atoms with Gasteiger partial charge in [0.05, 0.1) is 7.11 Å². The lowest BCUT2D eigenvalue weighted by atomic mass is 9.44. The Balaban J connectivity index is 1.37. The van der Waals surface area contributed by atoms with Crippen LogP contribution in [-0.2, 0) is 19.1 Å². The third-order valence-corrected chi connectivity index (χ3v) is 11.5. The number of nitrogens with one attached hydrogen (secondary N) is 1. The Morgan fingerprint density at radius 1 is 1.00 bits per heavy atom. The Bertz CT molecular complexity index is 823. The summed E-state index contributed by atoms with van der Waals surface area (Å²) in [6.45, 7) is 11.3. The van der Waals surface area contributed by atoms with Gasteiger partial charge in [-0.3, -0.25) is 9.59 Å². The Labute approximate surface area is 212 Å². The lowest BCUT2D eigenvalue weighted by molar-refractivity contribution is -0.146. The smallest absolute Gasteiger partial charge is 0.328 e. The summed E-state index contributed by atoms with van der Waals surface area (Å²) in [6.07, 6.45) is 11.9. The van der Waals surface area contributed by atoms with Crippen LogP contribution in [0.2, 0.25) is 0 Å². The van der Waals surface area contributed by atoms with Crippen molar-refractivity contribution in [2.45, 2.75) is 111 Å². The van der Waals surface area contributed by atoms with Gasteiger partial charge in [0.2, 0.25) is 5.91 Å². The second-order valence-corrected chi connectivity index (χ2v) is 13.5. The predicted molar refractivity (Wildman–Crippen MR) is 137 cm³/mol. The van der Waals surface area contributed by atoms with Gasteiger partial charge in [-0.2, -0.15) is 0 Å². The number of esters is 1. The first-order chi connectivity index (χ1) is 16.5. The molecule has 0 aromatic carbocycles. The zero-order valence-electron chi connectivity index (χ0n) is 23.0. The molecular formula is C30H49NO4. The molecule has 0 aromatic heterocycles. The molecule has 0 bridgehead atoms. The van der Waals surface area contributed by atoms with Gasteiger partial charge in [0, 0.05) is 19.3 Å². The van der Waals surface area contributed by atoms with Crippen LogP contribution >= 0.6 is 0 Å². The van der Waals surface area contributed by atoms with E-state index in [4.69, 9.17) is 4.74 Å². The number of rotatable bonds is 7. The molecule has 1 N–H and O–H groups in total. The number of ketones is 1. The van der Waals surface area contributed by atoms with E-state index in [1.807, 2.05) is 13.8 Å². The first kappa shape index (κ1) is 26.7. The molecule has 0 radical (unpaired) electrons. The standard InChI is InChI=1S/C30H49NO4/c1-18(2)27(28(34)35-6)31-26(33)12-7-19(3)23-10-11-24-22-9-8-20-17-21(32)13-15-29(20,4)25(22)14-16-30(23,24)5/h18-20,22-25,27H,7-17H2,1-6H3,(H,31,33)/t19-,20-,22+,23-,24+,25+,27+,29+,30-/m1/s1. The Morgan fingerprint density at radius 2 is 1.71 bits per heavy atom. The number of fused-ring (bicyclic) bond motifs is 5. The normalized spacial score (nSPS) is 40.3. The van der Waals surface area contributed by atoms with Gasteiger partial charge in [-0.05, 0) is 104 Å². The second kappa shape index (κ2) is 10.2. The zero-order valence-corrected chi connectivity index (χ0v) is 23.0. The van der Waals surface area contributed by atoms with E-state index in [-0.39, 0.29) is 17.8 Å². The van der Waals surface area contributed by atoms with Gasteiger partial charge in [-0.25, -0.2) is 4.79 Å². The lowest BCUT2D eigenvalue weighted by Gasteiger charge is -2.60. The van der Waals surface area contributed by atoms with Gasteiger partial charge in [0.1, 0.15) is 11.8 Å². The molecular weight excluding hydrogens is 438 g/mol. The van der Waals surface area contributed by atoms with Crippen LogP contribution in [0.15, 0.2) is 0 Å². The van der Waals surface area contributed by atoms with E-state index in [0.717, 1.165) is 43.4 Å².